The zero-order valence-electron chi connectivity index (χ0n) is 9.22. The number of nitriles is 2. The van der Waals surface area contributed by atoms with Gasteiger partial charge in [0.15, 0.2) is 0 Å². The Bertz CT molecular complexity index is 651. The Morgan fingerprint density at radius 3 is 2.06 bits per heavy atom. The second-order valence-electron chi connectivity index (χ2n) is 3.49. The Labute approximate surface area is 123 Å². The third-order valence-electron chi connectivity index (χ3n) is 2.28. The molecule has 0 aliphatic heterocycles. The molecule has 86 valence electrons. The molecule has 0 saturated carbocycles. The lowest BCUT2D eigenvalue weighted by molar-refractivity contribution is 1.35. The molecule has 0 saturated heterocycles. The van der Waals surface area contributed by atoms with Gasteiger partial charge in [-0.15, -0.1) is 0 Å². The second-order valence-corrected chi connectivity index (χ2v) is 5.88. The molecule has 0 aliphatic rings. The molecule has 0 aliphatic carbocycles. The lowest BCUT2D eigenvalue weighted by Crippen LogP contribution is -1.84. The summed E-state index contributed by atoms with van der Waals surface area (Å²) in [6.45, 7) is 0. The average molecular weight is 362 g/mol. The lowest BCUT2D eigenvalue weighted by atomic mass is 10.1. The van der Waals surface area contributed by atoms with Gasteiger partial charge in [-0.3, -0.25) is 0 Å². The van der Waals surface area contributed by atoms with E-state index in [0.29, 0.717) is 11.1 Å². The van der Waals surface area contributed by atoms with Crippen LogP contribution < -0.4 is 0 Å². The van der Waals surface area contributed by atoms with Crippen molar-refractivity contribution in [3.05, 3.63) is 57.2 Å². The molecule has 2 aromatic rings. The van der Waals surface area contributed by atoms with E-state index in [1.807, 2.05) is 42.5 Å². The Hall–Kier alpha value is -1.50. The zero-order valence-corrected chi connectivity index (χ0v) is 12.2. The number of hydrogen-bond acceptors (Lipinski definition) is 3. The third-order valence-corrected chi connectivity index (χ3v) is 4.00. The molecule has 0 atom stereocenters. The number of rotatable bonds is 2. The maximum absolute atomic E-state index is 8.97. The standard InChI is InChI=1S/C14H7IN2S/c15-12-2-5-13(6-3-12)18-14-4-1-10(8-16)11(7-14)9-17/h1-7H. The molecule has 4 heteroatoms. The highest BCUT2D eigenvalue weighted by Gasteiger charge is 2.04. The number of benzene rings is 2. The van der Waals surface area contributed by atoms with Gasteiger partial charge in [0.2, 0.25) is 0 Å². The molecular formula is C14H7IN2S. The minimum Gasteiger partial charge on any atom is -0.192 e. The van der Waals surface area contributed by atoms with Crippen LogP contribution >= 0.6 is 34.4 Å². The fraction of sp³-hybridized carbons (Fsp3) is 0. The van der Waals surface area contributed by atoms with Crippen LogP contribution in [-0.4, -0.2) is 0 Å². The Balaban J connectivity index is 2.28. The normalized spacial score (nSPS) is 9.50. The molecule has 2 nitrogen and oxygen atoms in total. The second kappa shape index (κ2) is 5.90. The van der Waals surface area contributed by atoms with E-state index in [1.165, 1.54) is 3.57 Å². The Morgan fingerprint density at radius 1 is 0.833 bits per heavy atom. The van der Waals surface area contributed by atoms with Crippen molar-refractivity contribution in [3.63, 3.8) is 0 Å². The SMILES string of the molecule is N#Cc1ccc(Sc2ccc(I)cc2)cc1C#N. The Morgan fingerprint density at radius 2 is 1.44 bits per heavy atom. The summed E-state index contributed by atoms with van der Waals surface area (Å²) in [5, 5.41) is 17.8. The van der Waals surface area contributed by atoms with Gasteiger partial charge >= 0.3 is 0 Å². The summed E-state index contributed by atoms with van der Waals surface area (Å²) in [4.78, 5) is 2.08. The van der Waals surface area contributed by atoms with Crippen LogP contribution in [0.2, 0.25) is 0 Å². The van der Waals surface area contributed by atoms with Crippen LogP contribution in [-0.2, 0) is 0 Å². The molecule has 0 radical (unpaired) electrons. The summed E-state index contributed by atoms with van der Waals surface area (Å²) in [7, 11) is 0. The fourth-order valence-corrected chi connectivity index (χ4v) is 2.63. The van der Waals surface area contributed by atoms with Crippen molar-refractivity contribution >= 4 is 34.4 Å². The monoisotopic (exact) mass is 362 g/mol. The van der Waals surface area contributed by atoms with Crippen molar-refractivity contribution in [2.75, 3.05) is 0 Å². The number of halogens is 1. The van der Waals surface area contributed by atoms with Gasteiger partial charge < -0.3 is 0 Å². The molecule has 0 fully saturated rings. The Kier molecular flexibility index (Phi) is 4.24. The zero-order chi connectivity index (χ0) is 13.0. The quantitative estimate of drug-likeness (QED) is 0.753. The van der Waals surface area contributed by atoms with Crippen LogP contribution in [0.3, 0.4) is 0 Å². The van der Waals surface area contributed by atoms with E-state index in [4.69, 9.17) is 10.5 Å². The summed E-state index contributed by atoms with van der Waals surface area (Å²) in [6.07, 6.45) is 0. The van der Waals surface area contributed by atoms with Crippen molar-refractivity contribution in [1.82, 2.24) is 0 Å². The minimum atomic E-state index is 0.421. The molecule has 0 bridgehead atoms. The van der Waals surface area contributed by atoms with E-state index < -0.39 is 0 Å². The summed E-state index contributed by atoms with van der Waals surface area (Å²) in [6, 6.07) is 17.5. The smallest absolute Gasteiger partial charge is 0.101 e. The molecule has 0 unspecified atom stereocenters. The molecule has 2 rings (SSSR count). The minimum absolute atomic E-state index is 0.421. The molecule has 2 aromatic carbocycles. The van der Waals surface area contributed by atoms with E-state index in [2.05, 4.69) is 22.6 Å². The first-order valence-corrected chi connectivity index (χ1v) is 7.00. The van der Waals surface area contributed by atoms with Crippen LogP contribution in [0.1, 0.15) is 11.1 Å². The number of nitrogens with zero attached hydrogens (tertiary/aromatic N) is 2. The summed E-state index contributed by atoms with van der Waals surface area (Å²) >= 11 is 3.84. The molecular weight excluding hydrogens is 355 g/mol. The van der Waals surface area contributed by atoms with Gasteiger partial charge in [0.05, 0.1) is 11.1 Å². The average Bonchev–Trinajstić information content (AvgIpc) is 2.41. The van der Waals surface area contributed by atoms with Crippen LogP contribution in [0, 0.1) is 26.2 Å². The molecule has 0 N–H and O–H groups in total. The maximum atomic E-state index is 8.97. The first-order chi connectivity index (χ1) is 8.72. The maximum Gasteiger partial charge on any atom is 0.101 e. The van der Waals surface area contributed by atoms with Gasteiger partial charge in [-0.25, -0.2) is 0 Å². The van der Waals surface area contributed by atoms with E-state index in [9.17, 15) is 0 Å². The molecule has 0 amide bonds. The van der Waals surface area contributed by atoms with Gasteiger partial charge in [0, 0.05) is 13.4 Å². The van der Waals surface area contributed by atoms with Gasteiger partial charge in [-0.1, -0.05) is 11.8 Å². The summed E-state index contributed by atoms with van der Waals surface area (Å²) < 4.78 is 1.19. The first kappa shape index (κ1) is 12.9. The predicted octanol–water partition coefficient (Wildman–Crippen LogP) is 4.19. The van der Waals surface area contributed by atoms with E-state index in [0.717, 1.165) is 9.79 Å². The largest absolute Gasteiger partial charge is 0.192 e. The summed E-state index contributed by atoms with van der Waals surface area (Å²) in [5.41, 5.74) is 0.845. The lowest BCUT2D eigenvalue weighted by Gasteiger charge is -2.03. The van der Waals surface area contributed by atoms with Crippen LogP contribution in [0.25, 0.3) is 0 Å². The predicted molar refractivity (Wildman–Crippen MR) is 79.2 cm³/mol. The number of hydrogen-bond donors (Lipinski definition) is 0. The van der Waals surface area contributed by atoms with Crippen LogP contribution in [0.4, 0.5) is 0 Å². The van der Waals surface area contributed by atoms with E-state index in [-0.39, 0.29) is 0 Å². The fourth-order valence-electron chi connectivity index (χ4n) is 1.42. The highest BCUT2D eigenvalue weighted by molar-refractivity contribution is 14.1. The van der Waals surface area contributed by atoms with E-state index in [1.54, 1.807) is 23.9 Å². The molecule has 0 heterocycles. The van der Waals surface area contributed by atoms with Crippen LogP contribution in [0.5, 0.6) is 0 Å². The van der Waals surface area contributed by atoms with Crippen molar-refractivity contribution in [3.8, 4) is 12.1 Å². The van der Waals surface area contributed by atoms with Crippen molar-refractivity contribution in [2.24, 2.45) is 0 Å². The van der Waals surface area contributed by atoms with Gasteiger partial charge in [0.25, 0.3) is 0 Å². The highest BCUT2D eigenvalue weighted by atomic mass is 127. The third kappa shape index (κ3) is 3.04. The van der Waals surface area contributed by atoms with Crippen molar-refractivity contribution in [2.45, 2.75) is 9.79 Å². The first-order valence-electron chi connectivity index (χ1n) is 5.10. The molecule has 0 aromatic heterocycles. The van der Waals surface area contributed by atoms with E-state index >= 15 is 0 Å². The molecule has 0 spiro atoms. The van der Waals surface area contributed by atoms with Crippen molar-refractivity contribution < 1.29 is 0 Å². The topological polar surface area (TPSA) is 47.6 Å². The highest BCUT2D eigenvalue weighted by Crippen LogP contribution is 2.29. The summed E-state index contributed by atoms with van der Waals surface area (Å²) in [5.74, 6) is 0. The van der Waals surface area contributed by atoms with Crippen LogP contribution in [0.15, 0.2) is 52.3 Å². The molecule has 18 heavy (non-hydrogen) atoms. The van der Waals surface area contributed by atoms with Crippen molar-refractivity contribution in [1.29, 1.82) is 10.5 Å². The van der Waals surface area contributed by atoms with Gasteiger partial charge in [-0.2, -0.15) is 10.5 Å². The van der Waals surface area contributed by atoms with Gasteiger partial charge in [0.1, 0.15) is 12.1 Å². The van der Waals surface area contributed by atoms with Gasteiger partial charge in [-0.05, 0) is 65.1 Å².